The quantitative estimate of drug-likeness (QED) is 0.815. The van der Waals surface area contributed by atoms with Gasteiger partial charge in [0.05, 0.1) is 17.9 Å². The van der Waals surface area contributed by atoms with Crippen molar-refractivity contribution in [2.45, 2.75) is 38.1 Å². The van der Waals surface area contributed by atoms with Gasteiger partial charge >= 0.3 is 6.09 Å². The van der Waals surface area contributed by atoms with Gasteiger partial charge in [-0.25, -0.2) is 9.78 Å². The van der Waals surface area contributed by atoms with E-state index in [1.807, 2.05) is 35.2 Å². The summed E-state index contributed by atoms with van der Waals surface area (Å²) in [6, 6.07) is 9.96. The average Bonchev–Trinajstić information content (AvgIpc) is 3.09. The Kier molecular flexibility index (Phi) is 5.23. The topological polar surface area (TPSA) is 75.6 Å². The molecule has 4 rings (SSSR count). The highest BCUT2D eigenvalue weighted by atomic mass is 16.6. The summed E-state index contributed by atoms with van der Waals surface area (Å²) < 4.78 is 5.31. The predicted molar refractivity (Wildman–Crippen MR) is 104 cm³/mol. The van der Waals surface area contributed by atoms with Crippen molar-refractivity contribution in [3.8, 4) is 0 Å². The van der Waals surface area contributed by atoms with E-state index in [1.165, 1.54) is 0 Å². The number of benzene rings is 1. The summed E-state index contributed by atoms with van der Waals surface area (Å²) in [6.45, 7) is 3.41. The number of anilines is 1. The third kappa shape index (κ3) is 3.83. The van der Waals surface area contributed by atoms with Crippen molar-refractivity contribution in [3.63, 3.8) is 0 Å². The maximum Gasteiger partial charge on any atom is 0.415 e. The van der Waals surface area contributed by atoms with Gasteiger partial charge < -0.3 is 9.64 Å². The minimum absolute atomic E-state index is 0.0981. The molecule has 1 atom stereocenters. The van der Waals surface area contributed by atoms with Crippen LogP contribution in [0.5, 0.6) is 0 Å². The number of hydrogen-bond donors (Lipinski definition) is 0. The molecule has 1 aromatic carbocycles. The molecule has 0 saturated carbocycles. The highest BCUT2D eigenvalue weighted by molar-refractivity contribution is 5.89. The lowest BCUT2D eigenvalue weighted by Gasteiger charge is -2.31. The highest BCUT2D eigenvalue weighted by Gasteiger charge is 2.36. The first-order valence-electron chi connectivity index (χ1n) is 9.69. The molecular weight excluding hydrogens is 356 g/mol. The summed E-state index contributed by atoms with van der Waals surface area (Å²) in [4.78, 5) is 36.5. The lowest BCUT2D eigenvalue weighted by Crippen LogP contribution is -2.37. The standard InChI is InChI=1S/C21H24N4O3/c1-15(26)24-9-7-17(8-10-24)19-12-22-13-20(23-19)25-18(14-28-21(25)27)11-16-5-3-2-4-6-16/h2-6,12-13,17-18H,7-11,14H2,1H3/t18-/m1/s1. The van der Waals surface area contributed by atoms with Crippen molar-refractivity contribution in [2.75, 3.05) is 24.6 Å². The largest absolute Gasteiger partial charge is 0.447 e. The highest BCUT2D eigenvalue weighted by Crippen LogP contribution is 2.29. The molecule has 28 heavy (non-hydrogen) atoms. The number of piperidine rings is 1. The third-order valence-corrected chi connectivity index (χ3v) is 5.52. The fraction of sp³-hybridized carbons (Fsp3) is 0.429. The van der Waals surface area contributed by atoms with Crippen LogP contribution in [-0.4, -0.2) is 52.6 Å². The minimum Gasteiger partial charge on any atom is -0.447 e. The van der Waals surface area contributed by atoms with Crippen molar-refractivity contribution < 1.29 is 14.3 Å². The zero-order valence-corrected chi connectivity index (χ0v) is 16.0. The van der Waals surface area contributed by atoms with Crippen LogP contribution in [0.2, 0.25) is 0 Å². The smallest absolute Gasteiger partial charge is 0.415 e. The Hall–Kier alpha value is -2.96. The summed E-state index contributed by atoms with van der Waals surface area (Å²) >= 11 is 0. The van der Waals surface area contributed by atoms with Crippen molar-refractivity contribution in [1.82, 2.24) is 14.9 Å². The van der Waals surface area contributed by atoms with Gasteiger partial charge in [0.25, 0.3) is 0 Å². The molecule has 0 spiro atoms. The predicted octanol–water partition coefficient (Wildman–Crippen LogP) is 2.77. The molecule has 2 aliphatic rings. The molecule has 146 valence electrons. The first-order chi connectivity index (χ1) is 13.6. The molecule has 0 N–H and O–H groups in total. The molecule has 0 unspecified atom stereocenters. The molecule has 2 aliphatic heterocycles. The van der Waals surface area contributed by atoms with Crippen LogP contribution in [0.3, 0.4) is 0 Å². The lowest BCUT2D eigenvalue weighted by molar-refractivity contribution is -0.129. The van der Waals surface area contributed by atoms with Gasteiger partial charge in [-0.2, -0.15) is 0 Å². The van der Waals surface area contributed by atoms with Gasteiger partial charge in [0.1, 0.15) is 6.61 Å². The van der Waals surface area contributed by atoms with Crippen LogP contribution < -0.4 is 4.90 Å². The van der Waals surface area contributed by atoms with Gasteiger partial charge in [0.2, 0.25) is 5.91 Å². The van der Waals surface area contributed by atoms with Crippen molar-refractivity contribution in [3.05, 3.63) is 54.0 Å². The molecule has 2 amide bonds. The molecule has 0 aliphatic carbocycles. The maximum absolute atomic E-state index is 12.4. The number of nitrogens with zero attached hydrogens (tertiary/aromatic N) is 4. The average molecular weight is 380 g/mol. The molecule has 2 aromatic rings. The van der Waals surface area contributed by atoms with E-state index in [1.54, 1.807) is 24.2 Å². The van der Waals surface area contributed by atoms with Crippen molar-refractivity contribution in [1.29, 1.82) is 0 Å². The summed E-state index contributed by atoms with van der Waals surface area (Å²) in [5.74, 6) is 0.894. The van der Waals surface area contributed by atoms with Crippen molar-refractivity contribution >= 4 is 17.8 Å². The molecule has 2 fully saturated rings. The number of aromatic nitrogens is 2. The zero-order chi connectivity index (χ0) is 19.5. The molecule has 2 saturated heterocycles. The fourth-order valence-electron chi connectivity index (χ4n) is 3.95. The number of likely N-dealkylation sites (tertiary alicyclic amines) is 1. The van der Waals surface area contributed by atoms with Crippen molar-refractivity contribution in [2.24, 2.45) is 0 Å². The van der Waals surface area contributed by atoms with E-state index in [0.717, 1.165) is 37.2 Å². The molecule has 0 bridgehead atoms. The van der Waals surface area contributed by atoms with Crippen LogP contribution in [0, 0.1) is 0 Å². The van der Waals surface area contributed by atoms with Crippen LogP contribution in [0.15, 0.2) is 42.7 Å². The van der Waals surface area contributed by atoms with Crippen LogP contribution in [0.25, 0.3) is 0 Å². The monoisotopic (exact) mass is 380 g/mol. The molecule has 3 heterocycles. The molecule has 7 heteroatoms. The molecule has 1 aromatic heterocycles. The second kappa shape index (κ2) is 7.96. The molecular formula is C21H24N4O3. The fourth-order valence-corrected chi connectivity index (χ4v) is 3.95. The number of carbonyl (C=O) groups excluding carboxylic acids is 2. The third-order valence-electron chi connectivity index (χ3n) is 5.52. The molecule has 7 nitrogen and oxygen atoms in total. The first kappa shape index (κ1) is 18.4. The summed E-state index contributed by atoms with van der Waals surface area (Å²) in [7, 11) is 0. The maximum atomic E-state index is 12.4. The van der Waals surface area contributed by atoms with Gasteiger partial charge in [-0.3, -0.25) is 14.7 Å². The summed E-state index contributed by atoms with van der Waals surface area (Å²) in [6.07, 6.45) is 5.43. The summed E-state index contributed by atoms with van der Waals surface area (Å²) in [5.41, 5.74) is 2.02. The number of ether oxygens (including phenoxy) is 1. The Balaban J connectivity index is 1.51. The van der Waals surface area contributed by atoms with Gasteiger partial charge in [-0.15, -0.1) is 0 Å². The van der Waals surface area contributed by atoms with E-state index in [9.17, 15) is 9.59 Å². The zero-order valence-electron chi connectivity index (χ0n) is 16.0. The van der Waals surface area contributed by atoms with Gasteiger partial charge in [0.15, 0.2) is 5.82 Å². The Morgan fingerprint density at radius 2 is 1.93 bits per heavy atom. The van der Waals surface area contributed by atoms with E-state index < -0.39 is 0 Å². The summed E-state index contributed by atoms with van der Waals surface area (Å²) in [5, 5.41) is 0. The second-order valence-corrected chi connectivity index (χ2v) is 7.37. The lowest BCUT2D eigenvalue weighted by atomic mass is 9.94. The SMILES string of the molecule is CC(=O)N1CCC(c2cncc(N3C(=O)OC[C@H]3Cc3ccccc3)n2)CC1. The van der Waals surface area contributed by atoms with Gasteiger partial charge in [-0.05, 0) is 24.8 Å². The van der Waals surface area contributed by atoms with Crippen LogP contribution in [0.1, 0.15) is 36.9 Å². The van der Waals surface area contributed by atoms with E-state index >= 15 is 0 Å². The van der Waals surface area contributed by atoms with Gasteiger partial charge in [-0.1, -0.05) is 30.3 Å². The van der Waals surface area contributed by atoms with E-state index in [4.69, 9.17) is 9.72 Å². The number of cyclic esters (lactones) is 1. The Bertz CT molecular complexity index is 850. The number of amides is 2. The van der Waals surface area contributed by atoms with Gasteiger partial charge in [0, 0.05) is 32.1 Å². The number of carbonyl (C=O) groups is 2. The minimum atomic E-state index is -0.376. The van der Waals surface area contributed by atoms with E-state index in [2.05, 4.69) is 4.98 Å². The number of rotatable bonds is 4. The Morgan fingerprint density at radius 1 is 1.18 bits per heavy atom. The first-order valence-corrected chi connectivity index (χ1v) is 9.69. The second-order valence-electron chi connectivity index (χ2n) is 7.37. The Morgan fingerprint density at radius 3 is 2.64 bits per heavy atom. The van der Waals surface area contributed by atoms with Crippen LogP contribution >= 0.6 is 0 Å². The van der Waals surface area contributed by atoms with Crippen LogP contribution in [0.4, 0.5) is 10.6 Å². The molecule has 0 radical (unpaired) electrons. The van der Waals surface area contributed by atoms with Crippen LogP contribution in [-0.2, 0) is 16.0 Å². The Labute approximate surface area is 164 Å². The normalized spacial score (nSPS) is 20.3. The van der Waals surface area contributed by atoms with E-state index in [0.29, 0.717) is 18.8 Å². The van der Waals surface area contributed by atoms with E-state index in [-0.39, 0.29) is 24.0 Å². The number of hydrogen-bond acceptors (Lipinski definition) is 5.